The molecule has 1 fully saturated rings. The molecule has 0 aromatic carbocycles. The predicted molar refractivity (Wildman–Crippen MR) is 67.8 cm³/mol. The summed E-state index contributed by atoms with van der Waals surface area (Å²) in [5, 5.41) is 6.45. The van der Waals surface area contributed by atoms with E-state index in [1.54, 1.807) is 7.05 Å². The van der Waals surface area contributed by atoms with Gasteiger partial charge in [-0.25, -0.2) is 0 Å². The summed E-state index contributed by atoms with van der Waals surface area (Å²) in [4.78, 5) is 4.23. The second kappa shape index (κ2) is 6.53. The number of nitrogens with one attached hydrogen (secondary N) is 2. The first-order valence-electron chi connectivity index (χ1n) is 5.88. The Labute approximate surface area is 98.2 Å². The first-order valence-corrected chi connectivity index (χ1v) is 5.88. The molecule has 1 saturated heterocycles. The van der Waals surface area contributed by atoms with E-state index in [1.165, 1.54) is 0 Å². The zero-order valence-corrected chi connectivity index (χ0v) is 10.8. The van der Waals surface area contributed by atoms with Crippen LogP contribution in [0.4, 0.5) is 0 Å². The molecule has 0 bridgehead atoms. The van der Waals surface area contributed by atoms with Crippen LogP contribution in [0.1, 0.15) is 26.7 Å². The number of piperidine rings is 1. The minimum atomic E-state index is 0.305. The van der Waals surface area contributed by atoms with Crippen LogP contribution in [0.25, 0.3) is 0 Å². The van der Waals surface area contributed by atoms with E-state index in [1.807, 2.05) is 20.9 Å². The molecule has 0 aromatic heterocycles. The van der Waals surface area contributed by atoms with Crippen molar-refractivity contribution in [1.82, 2.24) is 10.6 Å². The fourth-order valence-corrected chi connectivity index (χ4v) is 1.73. The van der Waals surface area contributed by atoms with Crippen LogP contribution in [0.3, 0.4) is 0 Å². The molecule has 1 aliphatic rings. The normalized spacial score (nSPS) is 20.4. The molecule has 0 aliphatic carbocycles. The molecule has 4 heteroatoms. The van der Waals surface area contributed by atoms with Gasteiger partial charge in [-0.3, -0.25) is 4.99 Å². The topological polar surface area (TPSA) is 45.6 Å². The highest BCUT2D eigenvalue weighted by molar-refractivity contribution is 5.93. The number of rotatable bonds is 3. The molecule has 16 heavy (non-hydrogen) atoms. The monoisotopic (exact) mass is 225 g/mol. The first kappa shape index (κ1) is 13.0. The molecule has 1 rings (SSSR count). The summed E-state index contributed by atoms with van der Waals surface area (Å²) in [5.41, 5.74) is 2.19. The molecule has 4 nitrogen and oxygen atoms in total. The van der Waals surface area contributed by atoms with Crippen LogP contribution in [0.5, 0.6) is 0 Å². The summed E-state index contributed by atoms with van der Waals surface area (Å²) >= 11 is 0. The van der Waals surface area contributed by atoms with Crippen LogP contribution in [0.15, 0.2) is 16.3 Å². The Morgan fingerprint density at radius 3 is 2.44 bits per heavy atom. The second-order valence-electron chi connectivity index (χ2n) is 4.10. The van der Waals surface area contributed by atoms with Crippen molar-refractivity contribution in [3.63, 3.8) is 0 Å². The van der Waals surface area contributed by atoms with E-state index in [0.717, 1.165) is 43.1 Å². The van der Waals surface area contributed by atoms with Gasteiger partial charge in [-0.1, -0.05) is 0 Å². The molecule has 2 N–H and O–H groups in total. The molecule has 0 aromatic rings. The Morgan fingerprint density at radius 1 is 1.31 bits per heavy atom. The minimum Gasteiger partial charge on any atom is -0.474 e. The number of allylic oxidation sites excluding steroid dienone is 1. The Hall–Kier alpha value is -1.03. The molecular formula is C12H23N3O. The minimum absolute atomic E-state index is 0.305. The molecule has 0 radical (unpaired) electrons. The zero-order valence-electron chi connectivity index (χ0n) is 10.8. The van der Waals surface area contributed by atoms with E-state index in [4.69, 9.17) is 4.74 Å². The summed E-state index contributed by atoms with van der Waals surface area (Å²) in [6, 6.07) is 0. The van der Waals surface area contributed by atoms with Gasteiger partial charge in [0.25, 0.3) is 0 Å². The van der Waals surface area contributed by atoms with Crippen molar-refractivity contribution in [3.05, 3.63) is 11.3 Å². The van der Waals surface area contributed by atoms with E-state index in [2.05, 4.69) is 15.6 Å². The van der Waals surface area contributed by atoms with E-state index >= 15 is 0 Å². The average Bonchev–Trinajstić information content (AvgIpc) is 2.35. The smallest absolute Gasteiger partial charge is 0.213 e. The van der Waals surface area contributed by atoms with Crippen LogP contribution in [0, 0.1) is 0 Å². The molecular weight excluding hydrogens is 202 g/mol. The first-order chi connectivity index (χ1) is 7.69. The van der Waals surface area contributed by atoms with Crippen molar-refractivity contribution in [2.45, 2.75) is 32.8 Å². The number of hydrogen-bond donors (Lipinski definition) is 2. The van der Waals surface area contributed by atoms with E-state index in [-0.39, 0.29) is 0 Å². The van der Waals surface area contributed by atoms with Crippen molar-refractivity contribution < 1.29 is 4.74 Å². The highest BCUT2D eigenvalue weighted by Gasteiger charge is 2.17. The Kier molecular flexibility index (Phi) is 5.32. The SMILES string of the molecule is C/N=C(OC1CCNCC1)\C(C)=C(/C)NC. The number of ether oxygens (including phenoxy) is 1. The van der Waals surface area contributed by atoms with Crippen LogP contribution < -0.4 is 10.6 Å². The summed E-state index contributed by atoms with van der Waals surface area (Å²) in [6.07, 6.45) is 2.43. The van der Waals surface area contributed by atoms with Crippen molar-refractivity contribution >= 4 is 5.90 Å². The van der Waals surface area contributed by atoms with Gasteiger partial charge >= 0.3 is 0 Å². The molecule has 0 saturated carbocycles. The van der Waals surface area contributed by atoms with Crippen molar-refractivity contribution in [1.29, 1.82) is 0 Å². The van der Waals surface area contributed by atoms with Crippen molar-refractivity contribution in [2.75, 3.05) is 27.2 Å². The van der Waals surface area contributed by atoms with Gasteiger partial charge in [-0.2, -0.15) is 0 Å². The van der Waals surface area contributed by atoms with Gasteiger partial charge in [0.05, 0.1) is 0 Å². The molecule has 1 aliphatic heterocycles. The van der Waals surface area contributed by atoms with Crippen LogP contribution in [-0.2, 0) is 4.74 Å². The van der Waals surface area contributed by atoms with Gasteiger partial charge in [0.2, 0.25) is 5.90 Å². The van der Waals surface area contributed by atoms with Crippen LogP contribution >= 0.6 is 0 Å². The summed E-state index contributed by atoms with van der Waals surface area (Å²) in [6.45, 7) is 6.15. The lowest BCUT2D eigenvalue weighted by molar-refractivity contribution is 0.150. The fourth-order valence-electron chi connectivity index (χ4n) is 1.73. The van der Waals surface area contributed by atoms with Crippen molar-refractivity contribution in [2.24, 2.45) is 4.99 Å². The van der Waals surface area contributed by atoms with Crippen molar-refractivity contribution in [3.8, 4) is 0 Å². The second-order valence-corrected chi connectivity index (χ2v) is 4.10. The molecule has 0 amide bonds. The maximum atomic E-state index is 5.94. The lowest BCUT2D eigenvalue weighted by Gasteiger charge is -2.25. The highest BCUT2D eigenvalue weighted by Crippen LogP contribution is 2.12. The van der Waals surface area contributed by atoms with Gasteiger partial charge < -0.3 is 15.4 Å². The Balaban J connectivity index is 2.62. The van der Waals surface area contributed by atoms with E-state index < -0.39 is 0 Å². The van der Waals surface area contributed by atoms with Crippen LogP contribution in [-0.4, -0.2) is 39.2 Å². The lowest BCUT2D eigenvalue weighted by atomic mass is 10.1. The molecule has 0 spiro atoms. The largest absolute Gasteiger partial charge is 0.474 e. The Bertz CT molecular complexity index is 278. The maximum Gasteiger partial charge on any atom is 0.213 e. The number of hydrogen-bond acceptors (Lipinski definition) is 4. The van der Waals surface area contributed by atoms with Gasteiger partial charge in [-0.15, -0.1) is 0 Å². The highest BCUT2D eigenvalue weighted by atomic mass is 16.5. The molecule has 92 valence electrons. The fraction of sp³-hybridized carbons (Fsp3) is 0.750. The molecule has 0 atom stereocenters. The van der Waals surface area contributed by atoms with Gasteiger partial charge in [0.15, 0.2) is 0 Å². The third-order valence-electron chi connectivity index (χ3n) is 3.03. The third kappa shape index (κ3) is 3.52. The molecule has 1 heterocycles. The number of nitrogens with zero attached hydrogens (tertiary/aromatic N) is 1. The zero-order chi connectivity index (χ0) is 12.0. The van der Waals surface area contributed by atoms with Gasteiger partial charge in [0, 0.05) is 25.4 Å². The third-order valence-corrected chi connectivity index (χ3v) is 3.03. The summed E-state index contributed by atoms with van der Waals surface area (Å²) < 4.78 is 5.94. The standard InChI is InChI=1S/C12H23N3O/c1-9(10(2)13-3)12(14-4)16-11-5-7-15-8-6-11/h11,13,15H,5-8H2,1-4H3/b10-9+,14-12+. The summed E-state index contributed by atoms with van der Waals surface area (Å²) in [7, 11) is 3.69. The van der Waals surface area contributed by atoms with Gasteiger partial charge in [0.1, 0.15) is 6.10 Å². The summed E-state index contributed by atoms with van der Waals surface area (Å²) in [5.74, 6) is 0.763. The predicted octanol–water partition coefficient (Wildman–Crippen LogP) is 1.30. The van der Waals surface area contributed by atoms with E-state index in [0.29, 0.717) is 6.10 Å². The van der Waals surface area contributed by atoms with Gasteiger partial charge in [-0.05, 0) is 39.8 Å². The van der Waals surface area contributed by atoms with E-state index in [9.17, 15) is 0 Å². The Morgan fingerprint density at radius 2 is 1.94 bits per heavy atom. The average molecular weight is 225 g/mol. The number of aliphatic imine (C=N–C) groups is 1. The maximum absolute atomic E-state index is 5.94. The lowest BCUT2D eigenvalue weighted by Crippen LogP contribution is -2.34. The van der Waals surface area contributed by atoms with Crippen LogP contribution in [0.2, 0.25) is 0 Å². The quantitative estimate of drug-likeness (QED) is 0.562. The molecule has 0 unspecified atom stereocenters.